The Balaban J connectivity index is 1.69. The number of benzene rings is 3. The molecule has 0 radical (unpaired) electrons. The number of amides is 1. The molecule has 0 aliphatic rings. The third-order valence-corrected chi connectivity index (χ3v) is 6.47. The second-order valence-electron chi connectivity index (χ2n) is 9.84. The number of phenolic OH excluding ortho intramolecular Hbond substituents is 1. The molecule has 240 valence electrons. The van der Waals surface area contributed by atoms with Crippen molar-refractivity contribution in [2.75, 3.05) is 42.6 Å². The van der Waals surface area contributed by atoms with Crippen molar-refractivity contribution in [3.8, 4) is 28.6 Å². The van der Waals surface area contributed by atoms with E-state index in [9.17, 15) is 44.4 Å². The summed E-state index contributed by atoms with van der Waals surface area (Å²) in [6, 6.07) is 13.3. The van der Waals surface area contributed by atoms with E-state index >= 15 is 0 Å². The van der Waals surface area contributed by atoms with Gasteiger partial charge in [0.15, 0.2) is 0 Å². The number of nitrogens with one attached hydrogen (secondary N) is 1. The predicted molar refractivity (Wildman–Crippen MR) is 162 cm³/mol. The smallest absolute Gasteiger partial charge is 0.412 e. The zero-order chi connectivity index (χ0) is 33.5. The summed E-state index contributed by atoms with van der Waals surface area (Å²) in [6.07, 6.45) is -1.52. The number of aromatic nitrogens is 2. The number of H-pyrrole nitrogens is 1. The Bertz CT molecular complexity index is 1860. The van der Waals surface area contributed by atoms with Crippen molar-refractivity contribution in [2.45, 2.75) is 6.92 Å². The number of ether oxygens (including phenoxy) is 2. The van der Waals surface area contributed by atoms with Crippen LogP contribution in [0.5, 0.6) is 17.2 Å². The van der Waals surface area contributed by atoms with Gasteiger partial charge >= 0.3 is 24.0 Å². The lowest BCUT2D eigenvalue weighted by atomic mass is 10.1. The lowest BCUT2D eigenvalue weighted by molar-refractivity contribution is -0.137. The Morgan fingerprint density at radius 1 is 0.804 bits per heavy atom. The number of hydrogen-bond acceptors (Lipinski definition) is 10. The van der Waals surface area contributed by atoms with Crippen LogP contribution in [-0.4, -0.2) is 92.3 Å². The summed E-state index contributed by atoms with van der Waals surface area (Å²) in [6.45, 7) is -1.19. The van der Waals surface area contributed by atoms with Crippen LogP contribution in [0, 0.1) is 6.92 Å². The van der Waals surface area contributed by atoms with E-state index in [1.165, 1.54) is 18.2 Å². The number of rotatable bonds is 14. The van der Waals surface area contributed by atoms with Crippen LogP contribution in [0.2, 0.25) is 0 Å². The van der Waals surface area contributed by atoms with Gasteiger partial charge in [-0.2, -0.15) is 0 Å². The van der Waals surface area contributed by atoms with Crippen LogP contribution in [0.25, 0.3) is 22.3 Å². The zero-order valence-electron chi connectivity index (χ0n) is 24.2. The van der Waals surface area contributed by atoms with Gasteiger partial charge in [-0.1, -0.05) is 18.2 Å². The molecule has 6 N–H and O–H groups in total. The van der Waals surface area contributed by atoms with E-state index in [1.54, 1.807) is 37.3 Å². The van der Waals surface area contributed by atoms with Crippen LogP contribution in [0.3, 0.4) is 0 Å². The van der Waals surface area contributed by atoms with Crippen molar-refractivity contribution in [2.24, 2.45) is 0 Å². The van der Waals surface area contributed by atoms with E-state index in [-0.39, 0.29) is 47.5 Å². The molecule has 1 aromatic heterocycles. The average molecular weight is 637 g/mol. The number of aromatic hydroxyl groups is 1. The lowest BCUT2D eigenvalue weighted by Gasteiger charge is -2.25. The Hall–Kier alpha value is -6.32. The number of carboxylic acids is 3. The van der Waals surface area contributed by atoms with Gasteiger partial charge in [-0.25, -0.2) is 9.78 Å². The fourth-order valence-corrected chi connectivity index (χ4v) is 4.53. The lowest BCUT2D eigenvalue weighted by Crippen LogP contribution is -2.35. The number of carbonyl (C=O) groups is 4. The number of aryl methyl sites for hydroxylation is 1. The van der Waals surface area contributed by atoms with Gasteiger partial charge in [-0.05, 0) is 42.8 Å². The molecular formula is C30H28N4O12. The zero-order valence-corrected chi connectivity index (χ0v) is 24.2. The molecule has 3 aromatic carbocycles. The summed E-state index contributed by atoms with van der Waals surface area (Å²) >= 11 is 0. The number of anilines is 2. The standard InChI is InChI=1S/C30H28N4O12/c1-16-6-7-20(34(30(43)44)15-27(40)41)23(10-16)45-8-9-46-24-11-18(28-31-19-5-3-2-4-17(19)29(42)32-28)22(35)12-21(24)33(13-25(36)37)14-26(38)39/h2-7,10-12,35H,8-9,13-15H2,1H3,(H,36,37)(H,38,39)(H,40,41)(H,43,44)(H,31,32,42). The Morgan fingerprint density at radius 3 is 2.02 bits per heavy atom. The molecule has 0 aliphatic heterocycles. The largest absolute Gasteiger partial charge is 0.507 e. The number of aromatic amines is 1. The van der Waals surface area contributed by atoms with Crippen LogP contribution in [0.4, 0.5) is 16.2 Å². The first-order chi connectivity index (χ1) is 21.8. The van der Waals surface area contributed by atoms with E-state index in [1.807, 2.05) is 0 Å². The van der Waals surface area contributed by atoms with Crippen molar-refractivity contribution in [3.05, 3.63) is 70.5 Å². The highest BCUT2D eigenvalue weighted by atomic mass is 16.5. The quantitative estimate of drug-likeness (QED) is 0.109. The van der Waals surface area contributed by atoms with Gasteiger partial charge in [0.2, 0.25) is 0 Å². The van der Waals surface area contributed by atoms with Gasteiger partial charge < -0.3 is 44.9 Å². The Morgan fingerprint density at radius 2 is 1.41 bits per heavy atom. The second-order valence-corrected chi connectivity index (χ2v) is 9.84. The van der Waals surface area contributed by atoms with Crippen molar-refractivity contribution < 1.29 is 54.2 Å². The van der Waals surface area contributed by atoms with Crippen LogP contribution in [0.1, 0.15) is 5.56 Å². The Labute approximate surface area is 259 Å². The van der Waals surface area contributed by atoms with Gasteiger partial charge in [0, 0.05) is 6.07 Å². The molecule has 4 aromatic rings. The molecule has 1 heterocycles. The molecule has 0 saturated heterocycles. The summed E-state index contributed by atoms with van der Waals surface area (Å²) < 4.78 is 11.6. The minimum atomic E-state index is -1.52. The molecule has 4 rings (SSSR count). The van der Waals surface area contributed by atoms with Gasteiger partial charge in [-0.15, -0.1) is 0 Å². The van der Waals surface area contributed by atoms with E-state index < -0.39 is 54.9 Å². The summed E-state index contributed by atoms with van der Waals surface area (Å²) in [5.74, 6) is -4.69. The van der Waals surface area contributed by atoms with E-state index in [0.717, 1.165) is 11.0 Å². The summed E-state index contributed by atoms with van der Waals surface area (Å²) in [4.78, 5) is 67.3. The molecule has 0 unspecified atom stereocenters. The molecule has 16 nitrogen and oxygen atoms in total. The maximum absolute atomic E-state index is 12.7. The minimum Gasteiger partial charge on any atom is -0.507 e. The molecule has 0 aliphatic carbocycles. The second kappa shape index (κ2) is 14.0. The molecule has 46 heavy (non-hydrogen) atoms. The molecule has 0 atom stereocenters. The predicted octanol–water partition coefficient (Wildman–Crippen LogP) is 2.61. The van der Waals surface area contributed by atoms with Crippen molar-refractivity contribution >= 4 is 46.3 Å². The minimum absolute atomic E-state index is 0.0140. The van der Waals surface area contributed by atoms with Gasteiger partial charge in [0.1, 0.15) is 55.9 Å². The highest BCUT2D eigenvalue weighted by Gasteiger charge is 2.24. The summed E-state index contributed by atoms with van der Waals surface area (Å²) in [5, 5.41) is 48.8. The fraction of sp³-hybridized carbons (Fsp3) is 0.200. The molecular weight excluding hydrogens is 608 g/mol. The van der Waals surface area contributed by atoms with Crippen LogP contribution in [-0.2, 0) is 14.4 Å². The molecule has 1 amide bonds. The number of fused-ring (bicyclic) bond motifs is 1. The van der Waals surface area contributed by atoms with E-state index in [4.69, 9.17) is 14.6 Å². The molecule has 0 saturated carbocycles. The monoisotopic (exact) mass is 636 g/mol. The summed E-state index contributed by atoms with van der Waals surface area (Å²) in [5.41, 5.74) is 0.356. The fourth-order valence-electron chi connectivity index (χ4n) is 4.53. The van der Waals surface area contributed by atoms with Crippen LogP contribution >= 0.6 is 0 Å². The molecule has 16 heteroatoms. The maximum Gasteiger partial charge on any atom is 0.412 e. The molecule has 0 fully saturated rings. The highest BCUT2D eigenvalue weighted by Crippen LogP contribution is 2.39. The maximum atomic E-state index is 12.7. The van der Waals surface area contributed by atoms with Gasteiger partial charge in [0.25, 0.3) is 5.56 Å². The topological polar surface area (TPSA) is 240 Å². The normalized spacial score (nSPS) is 10.7. The number of aliphatic carboxylic acids is 3. The van der Waals surface area contributed by atoms with Gasteiger partial charge in [-0.3, -0.25) is 24.1 Å². The van der Waals surface area contributed by atoms with Crippen molar-refractivity contribution in [1.29, 1.82) is 0 Å². The van der Waals surface area contributed by atoms with Crippen molar-refractivity contribution in [3.63, 3.8) is 0 Å². The number of para-hydroxylation sites is 1. The molecule has 0 bridgehead atoms. The first kappa shape index (κ1) is 32.6. The van der Waals surface area contributed by atoms with E-state index in [0.29, 0.717) is 21.4 Å². The highest BCUT2D eigenvalue weighted by molar-refractivity contribution is 5.93. The number of phenols is 1. The third-order valence-electron chi connectivity index (χ3n) is 6.47. The average Bonchev–Trinajstić information content (AvgIpc) is 2.97. The number of carboxylic acid groups (broad SMARTS) is 4. The Kier molecular flexibility index (Phi) is 9.90. The van der Waals surface area contributed by atoms with Gasteiger partial charge in [0.05, 0.1) is 27.8 Å². The first-order valence-electron chi connectivity index (χ1n) is 13.5. The first-order valence-corrected chi connectivity index (χ1v) is 13.5. The third kappa shape index (κ3) is 7.79. The SMILES string of the molecule is Cc1ccc(N(CC(=O)O)C(=O)O)c(OCCOc2cc(-c3nc4ccccc4c(=O)[nH]3)c(O)cc2N(CC(=O)O)CC(=O)O)c1. The summed E-state index contributed by atoms with van der Waals surface area (Å²) in [7, 11) is 0. The van der Waals surface area contributed by atoms with Crippen molar-refractivity contribution in [1.82, 2.24) is 9.97 Å². The van der Waals surface area contributed by atoms with Crippen LogP contribution < -0.4 is 24.8 Å². The number of nitrogens with zero attached hydrogens (tertiary/aromatic N) is 3. The number of hydrogen-bond donors (Lipinski definition) is 6. The van der Waals surface area contributed by atoms with Crippen LogP contribution in [0.15, 0.2) is 59.4 Å². The molecule has 0 spiro atoms. The van der Waals surface area contributed by atoms with E-state index in [2.05, 4.69) is 9.97 Å².